The molecule has 4 nitrogen and oxygen atoms in total. The maximum Gasteiger partial charge on any atom is 0.508 e. The third-order valence-corrected chi connectivity index (χ3v) is 1.45. The molecule has 1 aliphatic rings. The number of carbonyl (C=O) groups is 1. The predicted molar refractivity (Wildman–Crippen MR) is 37.0 cm³/mol. The summed E-state index contributed by atoms with van der Waals surface area (Å²) in [6.45, 7) is 3.58. The summed E-state index contributed by atoms with van der Waals surface area (Å²) in [5.74, 6) is 0. The summed E-state index contributed by atoms with van der Waals surface area (Å²) in [6, 6.07) is 0. The molecule has 2 unspecified atom stereocenters. The molecule has 0 aromatic rings. The Morgan fingerprint density at radius 2 is 2.64 bits per heavy atom. The molecule has 1 N–H and O–H groups in total. The van der Waals surface area contributed by atoms with Gasteiger partial charge in [0.15, 0.2) is 6.10 Å². The maximum atomic E-state index is 10.4. The Morgan fingerprint density at radius 1 is 1.91 bits per heavy atom. The van der Waals surface area contributed by atoms with E-state index in [0.717, 1.165) is 0 Å². The molecule has 0 aromatic heterocycles. The van der Waals surface area contributed by atoms with Crippen molar-refractivity contribution in [1.82, 2.24) is 0 Å². The number of hydrogen-bond donors (Lipinski definition) is 1. The van der Waals surface area contributed by atoms with E-state index in [1.165, 1.54) is 0 Å². The summed E-state index contributed by atoms with van der Waals surface area (Å²) in [5.41, 5.74) is 0. The molecule has 0 aliphatic carbocycles. The lowest BCUT2D eigenvalue weighted by Gasteiger charge is -2.11. The first kappa shape index (κ1) is 8.07. The fourth-order valence-electron chi connectivity index (χ4n) is 0.854. The van der Waals surface area contributed by atoms with Gasteiger partial charge in [-0.1, -0.05) is 6.08 Å². The zero-order valence-electron chi connectivity index (χ0n) is 6.03. The van der Waals surface area contributed by atoms with Gasteiger partial charge in [-0.25, -0.2) is 4.79 Å². The van der Waals surface area contributed by atoms with E-state index < -0.39 is 18.4 Å². The Hall–Kier alpha value is -1.03. The molecular weight excluding hydrogens is 148 g/mol. The number of aliphatic hydroxyl groups is 1. The van der Waals surface area contributed by atoms with Crippen LogP contribution in [0.4, 0.5) is 4.79 Å². The molecule has 0 aromatic carbocycles. The molecule has 4 heteroatoms. The summed E-state index contributed by atoms with van der Waals surface area (Å²) in [7, 11) is 0. The lowest BCUT2D eigenvalue weighted by molar-refractivity contribution is 0.0347. The van der Waals surface area contributed by atoms with Gasteiger partial charge < -0.3 is 14.6 Å². The van der Waals surface area contributed by atoms with Gasteiger partial charge in [0.1, 0.15) is 6.61 Å². The van der Waals surface area contributed by atoms with Crippen LogP contribution in [0.25, 0.3) is 0 Å². The number of cyclic esters (lactones) is 2. The Kier molecular flexibility index (Phi) is 2.48. The van der Waals surface area contributed by atoms with Crippen LogP contribution in [-0.4, -0.2) is 30.1 Å². The van der Waals surface area contributed by atoms with E-state index in [-0.39, 0.29) is 6.61 Å². The van der Waals surface area contributed by atoms with E-state index in [9.17, 15) is 9.90 Å². The quantitative estimate of drug-likeness (QED) is 0.479. The van der Waals surface area contributed by atoms with Gasteiger partial charge in [0, 0.05) is 0 Å². The second-order valence-corrected chi connectivity index (χ2v) is 2.31. The van der Waals surface area contributed by atoms with Crippen LogP contribution in [0.15, 0.2) is 12.7 Å². The Bertz CT molecular complexity index is 166. The Balaban J connectivity index is 2.36. The summed E-state index contributed by atoms with van der Waals surface area (Å²) in [5, 5.41) is 9.24. The van der Waals surface area contributed by atoms with Crippen molar-refractivity contribution in [2.45, 2.75) is 18.6 Å². The lowest BCUT2D eigenvalue weighted by Crippen LogP contribution is -2.27. The van der Waals surface area contributed by atoms with Crippen LogP contribution in [0, 0.1) is 0 Å². The van der Waals surface area contributed by atoms with Gasteiger partial charge in [0.25, 0.3) is 0 Å². The topological polar surface area (TPSA) is 55.8 Å². The summed E-state index contributed by atoms with van der Waals surface area (Å²) in [4.78, 5) is 10.4. The van der Waals surface area contributed by atoms with Crippen LogP contribution in [-0.2, 0) is 9.47 Å². The van der Waals surface area contributed by atoms with Gasteiger partial charge in [-0.2, -0.15) is 0 Å². The molecule has 0 spiro atoms. The zero-order chi connectivity index (χ0) is 8.27. The largest absolute Gasteiger partial charge is 0.508 e. The van der Waals surface area contributed by atoms with Crippen molar-refractivity contribution < 1.29 is 19.4 Å². The molecule has 1 saturated heterocycles. The molecule has 2 atom stereocenters. The van der Waals surface area contributed by atoms with Gasteiger partial charge in [-0.3, -0.25) is 0 Å². The van der Waals surface area contributed by atoms with Crippen LogP contribution < -0.4 is 0 Å². The molecule has 1 heterocycles. The van der Waals surface area contributed by atoms with Crippen LogP contribution in [0.5, 0.6) is 0 Å². The molecule has 0 bridgehead atoms. The van der Waals surface area contributed by atoms with Gasteiger partial charge in [-0.15, -0.1) is 6.58 Å². The van der Waals surface area contributed by atoms with Crippen molar-refractivity contribution in [3.8, 4) is 0 Å². The normalized spacial score (nSPS) is 25.5. The van der Waals surface area contributed by atoms with Crippen LogP contribution in [0.3, 0.4) is 0 Å². The highest BCUT2D eigenvalue weighted by Gasteiger charge is 2.30. The van der Waals surface area contributed by atoms with E-state index >= 15 is 0 Å². The van der Waals surface area contributed by atoms with Gasteiger partial charge >= 0.3 is 6.16 Å². The van der Waals surface area contributed by atoms with Crippen molar-refractivity contribution in [3.05, 3.63) is 12.7 Å². The highest BCUT2D eigenvalue weighted by atomic mass is 16.8. The number of carbonyl (C=O) groups excluding carboxylic acids is 1. The minimum Gasteiger partial charge on any atom is -0.430 e. The molecular formula is C7H10O4. The molecule has 11 heavy (non-hydrogen) atoms. The van der Waals surface area contributed by atoms with Gasteiger partial charge in [0.05, 0.1) is 6.10 Å². The van der Waals surface area contributed by atoms with Gasteiger partial charge in [0.2, 0.25) is 0 Å². The van der Waals surface area contributed by atoms with Crippen molar-refractivity contribution in [2.75, 3.05) is 6.61 Å². The van der Waals surface area contributed by atoms with Crippen LogP contribution in [0.2, 0.25) is 0 Å². The highest BCUT2D eigenvalue weighted by Crippen LogP contribution is 2.12. The number of ether oxygens (including phenoxy) is 2. The standard InChI is InChI=1S/C7H10O4/c1-2-3-5(8)6-4-10-7(9)11-6/h2,5-6,8H,1,3-4H2. The average molecular weight is 158 g/mol. The predicted octanol–water partition coefficient (Wildman–Crippen LogP) is 0.459. The Labute approximate surface area is 64.4 Å². The van der Waals surface area contributed by atoms with E-state index in [2.05, 4.69) is 16.1 Å². The molecule has 0 radical (unpaired) electrons. The molecule has 1 rings (SSSR count). The summed E-state index contributed by atoms with van der Waals surface area (Å²) >= 11 is 0. The minimum atomic E-state index is -0.710. The SMILES string of the molecule is C=CCC(O)C1COC(=O)O1. The van der Waals surface area contributed by atoms with Crippen molar-refractivity contribution >= 4 is 6.16 Å². The fourth-order valence-corrected chi connectivity index (χ4v) is 0.854. The number of hydrogen-bond acceptors (Lipinski definition) is 4. The van der Waals surface area contributed by atoms with Crippen molar-refractivity contribution in [2.24, 2.45) is 0 Å². The minimum absolute atomic E-state index is 0.133. The summed E-state index contributed by atoms with van der Waals surface area (Å²) in [6.07, 6.45) is 0.0376. The van der Waals surface area contributed by atoms with E-state index in [1.54, 1.807) is 6.08 Å². The van der Waals surface area contributed by atoms with Gasteiger partial charge in [-0.05, 0) is 6.42 Å². The smallest absolute Gasteiger partial charge is 0.430 e. The van der Waals surface area contributed by atoms with E-state index in [4.69, 9.17) is 0 Å². The molecule has 0 saturated carbocycles. The van der Waals surface area contributed by atoms with Crippen molar-refractivity contribution in [3.63, 3.8) is 0 Å². The molecule has 0 amide bonds. The number of aliphatic hydroxyl groups excluding tert-OH is 1. The summed E-state index contributed by atoms with van der Waals surface area (Å²) < 4.78 is 9.09. The Morgan fingerprint density at radius 3 is 3.09 bits per heavy atom. The first-order valence-corrected chi connectivity index (χ1v) is 3.36. The second kappa shape index (κ2) is 3.39. The third-order valence-electron chi connectivity index (χ3n) is 1.45. The molecule has 1 fully saturated rings. The van der Waals surface area contributed by atoms with E-state index in [0.29, 0.717) is 6.42 Å². The maximum absolute atomic E-state index is 10.4. The first-order chi connectivity index (χ1) is 5.24. The van der Waals surface area contributed by atoms with E-state index in [1.807, 2.05) is 0 Å². The third kappa shape index (κ3) is 1.94. The first-order valence-electron chi connectivity index (χ1n) is 3.36. The highest BCUT2D eigenvalue weighted by molar-refractivity contribution is 5.61. The second-order valence-electron chi connectivity index (χ2n) is 2.31. The molecule has 62 valence electrons. The number of rotatable bonds is 3. The average Bonchev–Trinajstić information content (AvgIpc) is 2.36. The fraction of sp³-hybridized carbons (Fsp3) is 0.571. The van der Waals surface area contributed by atoms with Crippen LogP contribution >= 0.6 is 0 Å². The lowest BCUT2D eigenvalue weighted by atomic mass is 10.1. The van der Waals surface area contributed by atoms with Crippen LogP contribution in [0.1, 0.15) is 6.42 Å². The zero-order valence-corrected chi connectivity index (χ0v) is 6.03. The molecule has 1 aliphatic heterocycles. The van der Waals surface area contributed by atoms with Crippen molar-refractivity contribution in [1.29, 1.82) is 0 Å². The monoisotopic (exact) mass is 158 g/mol.